The molecule has 1 aromatic rings. The van der Waals surface area contributed by atoms with E-state index in [1.165, 1.54) is 0 Å². The highest BCUT2D eigenvalue weighted by Gasteiger charge is 2.13. The van der Waals surface area contributed by atoms with Gasteiger partial charge in [0.2, 0.25) is 0 Å². The third kappa shape index (κ3) is 6.20. The van der Waals surface area contributed by atoms with E-state index in [1.54, 1.807) is 13.1 Å². The van der Waals surface area contributed by atoms with E-state index in [0.717, 1.165) is 29.2 Å². The average Bonchev–Trinajstić information content (AvgIpc) is 2.54. The Bertz CT molecular complexity index is 554. The number of thiocarbonyl (C=S) groups is 1. The maximum Gasteiger partial charge on any atom is 0.325 e. The minimum absolute atomic E-state index is 0.103. The van der Waals surface area contributed by atoms with Gasteiger partial charge in [-0.1, -0.05) is 36.0 Å². The summed E-state index contributed by atoms with van der Waals surface area (Å²) in [6.07, 6.45) is 1.76. The SMILES string of the molecule is CCOC(=O)CN/C=C(/C(=S)N(CC)CC)c1ccc(Cl)cc1. The molecule has 0 radical (unpaired) electrons. The Balaban J connectivity index is 2.98. The number of benzene rings is 1. The van der Waals surface area contributed by atoms with Crippen LogP contribution in [0.4, 0.5) is 0 Å². The molecule has 0 spiro atoms. The molecule has 6 heteroatoms. The first kappa shape index (κ1) is 19.5. The molecule has 0 saturated carbocycles. The topological polar surface area (TPSA) is 41.6 Å². The lowest BCUT2D eigenvalue weighted by Crippen LogP contribution is -2.31. The average molecular weight is 355 g/mol. The Morgan fingerprint density at radius 2 is 1.87 bits per heavy atom. The van der Waals surface area contributed by atoms with Gasteiger partial charge < -0.3 is 15.0 Å². The molecule has 1 rings (SSSR count). The second kappa shape index (κ2) is 10.2. The molecular formula is C17H23ClN2O2S. The molecule has 0 aliphatic heterocycles. The van der Waals surface area contributed by atoms with Crippen LogP contribution in [-0.2, 0) is 9.53 Å². The summed E-state index contributed by atoms with van der Waals surface area (Å²) >= 11 is 11.6. The number of hydrogen-bond donors (Lipinski definition) is 1. The van der Waals surface area contributed by atoms with Crippen LogP contribution < -0.4 is 5.32 Å². The molecule has 0 saturated heterocycles. The van der Waals surface area contributed by atoms with E-state index in [4.69, 9.17) is 28.6 Å². The minimum atomic E-state index is -0.298. The van der Waals surface area contributed by atoms with Crippen LogP contribution in [-0.4, -0.2) is 42.1 Å². The molecule has 0 bridgehead atoms. The van der Waals surface area contributed by atoms with Gasteiger partial charge in [0, 0.05) is 29.9 Å². The molecule has 0 aliphatic rings. The van der Waals surface area contributed by atoms with Gasteiger partial charge in [0.25, 0.3) is 0 Å². The van der Waals surface area contributed by atoms with Crippen LogP contribution in [0.5, 0.6) is 0 Å². The lowest BCUT2D eigenvalue weighted by molar-refractivity contribution is -0.141. The fraction of sp³-hybridized carbons (Fsp3) is 0.412. The predicted octanol–water partition coefficient (Wildman–Crippen LogP) is 3.50. The maximum atomic E-state index is 11.4. The van der Waals surface area contributed by atoms with Gasteiger partial charge >= 0.3 is 5.97 Å². The summed E-state index contributed by atoms with van der Waals surface area (Å²) in [6, 6.07) is 7.47. The number of likely N-dealkylation sites (N-methyl/N-ethyl adjacent to an activating group) is 1. The third-order valence-corrected chi connectivity index (χ3v) is 3.96. The van der Waals surface area contributed by atoms with Crippen molar-refractivity contribution in [1.29, 1.82) is 0 Å². The van der Waals surface area contributed by atoms with Crippen molar-refractivity contribution in [2.45, 2.75) is 20.8 Å². The van der Waals surface area contributed by atoms with E-state index in [9.17, 15) is 4.79 Å². The summed E-state index contributed by atoms with van der Waals surface area (Å²) in [4.78, 5) is 14.3. The number of rotatable bonds is 8. The van der Waals surface area contributed by atoms with Gasteiger partial charge in [-0.2, -0.15) is 0 Å². The molecule has 126 valence electrons. The predicted molar refractivity (Wildman–Crippen MR) is 99.6 cm³/mol. The number of esters is 1. The highest BCUT2D eigenvalue weighted by molar-refractivity contribution is 7.81. The van der Waals surface area contributed by atoms with Crippen LogP contribution in [0.3, 0.4) is 0 Å². The normalized spacial score (nSPS) is 11.0. The molecule has 1 aromatic carbocycles. The van der Waals surface area contributed by atoms with E-state index in [0.29, 0.717) is 11.6 Å². The van der Waals surface area contributed by atoms with E-state index in [1.807, 2.05) is 24.3 Å². The van der Waals surface area contributed by atoms with Crippen LogP contribution >= 0.6 is 23.8 Å². The van der Waals surface area contributed by atoms with Crippen molar-refractivity contribution in [3.05, 3.63) is 41.1 Å². The van der Waals surface area contributed by atoms with Crippen LogP contribution in [0.2, 0.25) is 5.02 Å². The van der Waals surface area contributed by atoms with Gasteiger partial charge in [-0.3, -0.25) is 4.79 Å². The van der Waals surface area contributed by atoms with E-state index < -0.39 is 0 Å². The molecule has 4 nitrogen and oxygen atoms in total. The summed E-state index contributed by atoms with van der Waals surface area (Å²) in [5, 5.41) is 3.65. The van der Waals surface area contributed by atoms with Crippen molar-refractivity contribution in [3.8, 4) is 0 Å². The number of carbonyl (C=O) groups is 1. The van der Waals surface area contributed by atoms with Crippen molar-refractivity contribution in [2.75, 3.05) is 26.2 Å². The summed E-state index contributed by atoms with van der Waals surface area (Å²) < 4.78 is 4.90. The molecule has 0 amide bonds. The Morgan fingerprint density at radius 1 is 1.26 bits per heavy atom. The van der Waals surface area contributed by atoms with Gasteiger partial charge in [-0.25, -0.2) is 0 Å². The standard InChI is InChI=1S/C17H23ClN2O2S/c1-4-20(5-2)17(23)15(11-19-12-16(21)22-6-3)13-7-9-14(18)10-8-13/h7-11,19H,4-6,12H2,1-3H3/b15-11+. The highest BCUT2D eigenvalue weighted by Crippen LogP contribution is 2.20. The first-order valence-corrected chi connectivity index (χ1v) is 8.46. The fourth-order valence-electron chi connectivity index (χ4n) is 2.03. The molecule has 0 atom stereocenters. The minimum Gasteiger partial charge on any atom is -0.465 e. The molecule has 1 N–H and O–H groups in total. The monoisotopic (exact) mass is 354 g/mol. The number of hydrogen-bond acceptors (Lipinski definition) is 4. The van der Waals surface area contributed by atoms with Crippen LogP contribution in [0.15, 0.2) is 30.5 Å². The molecule has 0 unspecified atom stereocenters. The zero-order valence-corrected chi connectivity index (χ0v) is 15.3. The zero-order chi connectivity index (χ0) is 17.2. The Hall–Kier alpha value is -1.59. The van der Waals surface area contributed by atoms with Gasteiger partial charge in [-0.05, 0) is 38.5 Å². The lowest BCUT2D eigenvalue weighted by atomic mass is 10.1. The number of halogens is 1. The Kier molecular flexibility index (Phi) is 8.66. The fourth-order valence-corrected chi connectivity index (χ4v) is 2.59. The Morgan fingerprint density at radius 3 is 2.39 bits per heavy atom. The molecule has 23 heavy (non-hydrogen) atoms. The number of nitrogens with zero attached hydrogens (tertiary/aromatic N) is 1. The van der Waals surface area contributed by atoms with E-state index >= 15 is 0 Å². The Labute approximate surface area is 148 Å². The smallest absolute Gasteiger partial charge is 0.325 e. The molecular weight excluding hydrogens is 332 g/mol. The quantitative estimate of drug-likeness (QED) is 0.439. The largest absolute Gasteiger partial charge is 0.465 e. The summed E-state index contributed by atoms with van der Waals surface area (Å²) in [6.45, 7) is 8.00. The molecule has 0 fully saturated rings. The lowest BCUT2D eigenvalue weighted by Gasteiger charge is -2.24. The van der Waals surface area contributed by atoms with Crippen LogP contribution in [0, 0.1) is 0 Å². The number of nitrogens with one attached hydrogen (secondary N) is 1. The van der Waals surface area contributed by atoms with Crippen molar-refractivity contribution in [3.63, 3.8) is 0 Å². The van der Waals surface area contributed by atoms with Crippen molar-refractivity contribution >= 4 is 40.3 Å². The van der Waals surface area contributed by atoms with Gasteiger partial charge in [0.15, 0.2) is 0 Å². The maximum absolute atomic E-state index is 11.4. The van der Waals surface area contributed by atoms with Gasteiger partial charge in [-0.15, -0.1) is 0 Å². The third-order valence-electron chi connectivity index (χ3n) is 3.23. The second-order valence-corrected chi connectivity index (χ2v) is 5.55. The first-order chi connectivity index (χ1) is 11.0. The molecule has 0 heterocycles. The summed E-state index contributed by atoms with van der Waals surface area (Å²) in [5.74, 6) is -0.298. The highest BCUT2D eigenvalue weighted by atomic mass is 35.5. The van der Waals surface area contributed by atoms with Crippen molar-refractivity contribution in [1.82, 2.24) is 10.2 Å². The summed E-state index contributed by atoms with van der Waals surface area (Å²) in [7, 11) is 0. The molecule has 0 aromatic heterocycles. The molecule has 0 aliphatic carbocycles. The van der Waals surface area contributed by atoms with E-state index in [2.05, 4.69) is 24.1 Å². The van der Waals surface area contributed by atoms with Crippen molar-refractivity contribution in [2.24, 2.45) is 0 Å². The number of ether oxygens (including phenoxy) is 1. The first-order valence-electron chi connectivity index (χ1n) is 7.67. The second-order valence-electron chi connectivity index (χ2n) is 4.73. The van der Waals surface area contributed by atoms with E-state index in [-0.39, 0.29) is 12.5 Å². The van der Waals surface area contributed by atoms with Crippen LogP contribution in [0.1, 0.15) is 26.3 Å². The van der Waals surface area contributed by atoms with Crippen LogP contribution in [0.25, 0.3) is 5.57 Å². The van der Waals surface area contributed by atoms with Gasteiger partial charge in [0.1, 0.15) is 11.5 Å². The van der Waals surface area contributed by atoms with Gasteiger partial charge in [0.05, 0.1) is 6.61 Å². The van der Waals surface area contributed by atoms with Crippen molar-refractivity contribution < 1.29 is 9.53 Å². The zero-order valence-electron chi connectivity index (χ0n) is 13.8. The summed E-state index contributed by atoms with van der Waals surface area (Å²) in [5.41, 5.74) is 1.80. The number of carbonyl (C=O) groups excluding carboxylic acids is 1.